The normalized spacial score (nSPS) is 14.9. The lowest BCUT2D eigenvalue weighted by molar-refractivity contribution is -0.115. The van der Waals surface area contributed by atoms with Gasteiger partial charge in [-0.05, 0) is 48.9 Å². The average Bonchev–Trinajstić information content (AvgIpc) is 3.06. The Morgan fingerprint density at radius 3 is 2.27 bits per heavy atom. The van der Waals surface area contributed by atoms with Crippen LogP contribution in [0.3, 0.4) is 0 Å². The summed E-state index contributed by atoms with van der Waals surface area (Å²) < 4.78 is 3.05. The van der Waals surface area contributed by atoms with Gasteiger partial charge in [-0.25, -0.2) is 9.98 Å². The molecule has 1 aliphatic rings. The molecule has 0 spiro atoms. The van der Waals surface area contributed by atoms with Gasteiger partial charge in [-0.3, -0.25) is 9.59 Å². The fraction of sp³-hybridized carbons (Fsp3) is 0.0400. The van der Waals surface area contributed by atoms with Gasteiger partial charge in [-0.15, -0.1) is 0 Å². The number of aromatic nitrogens is 2. The van der Waals surface area contributed by atoms with E-state index in [1.165, 1.54) is 9.69 Å². The molecule has 2 heterocycles. The second-order valence-electron chi connectivity index (χ2n) is 7.44. The minimum Gasteiger partial charge on any atom is -0.267 e. The Morgan fingerprint density at radius 2 is 1.55 bits per heavy atom. The molecule has 5 rings (SSSR count). The summed E-state index contributed by atoms with van der Waals surface area (Å²) in [5, 5.41) is 1.72. The van der Waals surface area contributed by atoms with Crippen LogP contribution in [0, 0.1) is 0 Å². The van der Waals surface area contributed by atoms with Crippen molar-refractivity contribution in [1.82, 2.24) is 9.66 Å². The maximum absolute atomic E-state index is 13.6. The van der Waals surface area contributed by atoms with Gasteiger partial charge in [0, 0.05) is 14.5 Å². The van der Waals surface area contributed by atoms with Gasteiger partial charge in [0.2, 0.25) is 0 Å². The molecule has 0 aliphatic carbocycles. The van der Waals surface area contributed by atoms with Gasteiger partial charge < -0.3 is 0 Å². The standard InChI is InChI=1S/C25H16Br2N4O2/c1-15-28-22(13-16-11-18(26)14-19(27)12-16)25(33)30(15)31-23(17-7-3-2-4-8-17)29-21-10-6-5-9-20(21)24(31)32/h2-14H,1H3/b22-13-. The number of benzene rings is 3. The number of para-hydroxylation sites is 1. The Hall–Kier alpha value is -3.36. The summed E-state index contributed by atoms with van der Waals surface area (Å²) in [6.07, 6.45) is 1.70. The van der Waals surface area contributed by atoms with Crippen molar-refractivity contribution in [2.75, 3.05) is 5.01 Å². The topological polar surface area (TPSA) is 67.6 Å². The highest BCUT2D eigenvalue weighted by Crippen LogP contribution is 2.26. The molecule has 33 heavy (non-hydrogen) atoms. The maximum Gasteiger partial charge on any atom is 0.297 e. The Labute approximate surface area is 206 Å². The van der Waals surface area contributed by atoms with Crippen molar-refractivity contribution in [2.24, 2.45) is 4.99 Å². The van der Waals surface area contributed by atoms with Crippen LogP contribution in [0.1, 0.15) is 12.5 Å². The van der Waals surface area contributed by atoms with E-state index in [4.69, 9.17) is 4.98 Å². The third kappa shape index (κ3) is 3.96. The minimum absolute atomic E-state index is 0.233. The first-order valence-corrected chi connectivity index (χ1v) is 11.7. The molecule has 8 heteroatoms. The number of carbonyl (C=O) groups excluding carboxylic acids is 1. The van der Waals surface area contributed by atoms with Gasteiger partial charge in [-0.1, -0.05) is 74.3 Å². The van der Waals surface area contributed by atoms with E-state index >= 15 is 0 Å². The Balaban J connectivity index is 1.70. The van der Waals surface area contributed by atoms with E-state index < -0.39 is 5.91 Å². The third-order valence-electron chi connectivity index (χ3n) is 5.17. The molecule has 0 radical (unpaired) electrons. The van der Waals surface area contributed by atoms with Gasteiger partial charge in [0.1, 0.15) is 11.5 Å². The van der Waals surface area contributed by atoms with Crippen molar-refractivity contribution in [1.29, 1.82) is 0 Å². The van der Waals surface area contributed by atoms with Crippen LogP contribution in [-0.2, 0) is 4.79 Å². The van der Waals surface area contributed by atoms with Crippen LogP contribution in [0.25, 0.3) is 28.4 Å². The zero-order valence-electron chi connectivity index (χ0n) is 17.4. The van der Waals surface area contributed by atoms with Crippen molar-refractivity contribution in [2.45, 2.75) is 6.92 Å². The molecule has 0 unspecified atom stereocenters. The zero-order chi connectivity index (χ0) is 23.1. The largest absolute Gasteiger partial charge is 0.297 e. The highest BCUT2D eigenvalue weighted by molar-refractivity contribution is 9.11. The van der Waals surface area contributed by atoms with Gasteiger partial charge in [0.05, 0.1) is 10.9 Å². The summed E-state index contributed by atoms with van der Waals surface area (Å²) >= 11 is 6.92. The first-order chi connectivity index (χ1) is 15.9. The molecule has 1 aromatic heterocycles. The first kappa shape index (κ1) is 21.5. The number of hydrogen-bond acceptors (Lipinski definition) is 4. The molecule has 162 valence electrons. The predicted molar refractivity (Wildman–Crippen MR) is 138 cm³/mol. The lowest BCUT2D eigenvalue weighted by atomic mass is 10.2. The number of rotatable bonds is 3. The van der Waals surface area contributed by atoms with E-state index in [1.54, 1.807) is 31.2 Å². The fourth-order valence-electron chi connectivity index (χ4n) is 3.75. The number of carbonyl (C=O) groups is 1. The lowest BCUT2D eigenvalue weighted by Crippen LogP contribution is -2.47. The number of halogens is 2. The Morgan fingerprint density at radius 1 is 0.879 bits per heavy atom. The zero-order valence-corrected chi connectivity index (χ0v) is 20.5. The highest BCUT2D eigenvalue weighted by Gasteiger charge is 2.32. The molecule has 1 amide bonds. The summed E-state index contributed by atoms with van der Waals surface area (Å²) in [7, 11) is 0. The summed E-state index contributed by atoms with van der Waals surface area (Å²) in [4.78, 5) is 36.3. The van der Waals surface area contributed by atoms with Gasteiger partial charge in [0.25, 0.3) is 11.5 Å². The third-order valence-corrected chi connectivity index (χ3v) is 6.09. The monoisotopic (exact) mass is 562 g/mol. The van der Waals surface area contributed by atoms with E-state index in [-0.39, 0.29) is 11.3 Å². The quantitative estimate of drug-likeness (QED) is 0.308. The van der Waals surface area contributed by atoms with Crippen LogP contribution in [0.2, 0.25) is 0 Å². The predicted octanol–water partition coefficient (Wildman–Crippen LogP) is 5.53. The molecule has 3 aromatic carbocycles. The molecular formula is C25H16Br2N4O2. The van der Waals surface area contributed by atoms with E-state index in [1.807, 2.05) is 54.6 Å². The fourth-order valence-corrected chi connectivity index (χ4v) is 5.08. The molecule has 0 saturated heterocycles. The van der Waals surface area contributed by atoms with Crippen molar-refractivity contribution in [3.8, 4) is 11.4 Å². The number of amides is 1. The van der Waals surface area contributed by atoms with Crippen molar-refractivity contribution >= 4 is 60.6 Å². The molecule has 1 aliphatic heterocycles. The Kier molecular flexibility index (Phi) is 5.55. The average molecular weight is 564 g/mol. The summed E-state index contributed by atoms with van der Waals surface area (Å²) in [5.41, 5.74) is 1.97. The summed E-state index contributed by atoms with van der Waals surface area (Å²) in [5.74, 6) is 0.352. The summed E-state index contributed by atoms with van der Waals surface area (Å²) in [6, 6.07) is 22.1. The van der Waals surface area contributed by atoms with Crippen LogP contribution < -0.4 is 10.6 Å². The van der Waals surface area contributed by atoms with Crippen LogP contribution in [0.4, 0.5) is 0 Å². The SMILES string of the molecule is CC1=N/C(=C\c2cc(Br)cc(Br)c2)C(=O)N1n1c(-c2ccccc2)nc2ccccc2c1=O. The van der Waals surface area contributed by atoms with Crippen LogP contribution in [0.5, 0.6) is 0 Å². The molecule has 4 aromatic rings. The molecule has 0 saturated carbocycles. The van der Waals surface area contributed by atoms with Crippen molar-refractivity contribution in [3.63, 3.8) is 0 Å². The molecule has 0 N–H and O–H groups in total. The lowest BCUT2D eigenvalue weighted by Gasteiger charge is -2.22. The van der Waals surface area contributed by atoms with Crippen molar-refractivity contribution in [3.05, 3.63) is 103 Å². The van der Waals surface area contributed by atoms with E-state index in [2.05, 4.69) is 36.9 Å². The summed E-state index contributed by atoms with van der Waals surface area (Å²) in [6.45, 7) is 1.70. The molecule has 6 nitrogen and oxygen atoms in total. The number of amidine groups is 1. The van der Waals surface area contributed by atoms with Crippen LogP contribution in [-0.4, -0.2) is 21.4 Å². The van der Waals surface area contributed by atoms with Crippen molar-refractivity contribution < 1.29 is 4.79 Å². The minimum atomic E-state index is -0.403. The number of nitrogens with zero attached hydrogens (tertiary/aromatic N) is 4. The van der Waals surface area contributed by atoms with Gasteiger partial charge >= 0.3 is 0 Å². The van der Waals surface area contributed by atoms with Gasteiger partial charge in [0.15, 0.2) is 5.82 Å². The molecule has 0 bridgehead atoms. The number of fused-ring (bicyclic) bond motifs is 1. The number of hydrogen-bond donors (Lipinski definition) is 0. The number of aliphatic imine (C=N–C) groups is 1. The molecule has 0 atom stereocenters. The van der Waals surface area contributed by atoms with Crippen LogP contribution >= 0.6 is 31.9 Å². The van der Waals surface area contributed by atoms with E-state index in [0.29, 0.717) is 28.1 Å². The van der Waals surface area contributed by atoms with E-state index in [9.17, 15) is 9.59 Å². The maximum atomic E-state index is 13.6. The van der Waals surface area contributed by atoms with Gasteiger partial charge in [-0.2, -0.15) is 9.69 Å². The molecule has 0 fully saturated rings. The Bertz CT molecular complexity index is 1520. The molecular weight excluding hydrogens is 548 g/mol. The first-order valence-electron chi connectivity index (χ1n) is 10.1. The second kappa shape index (κ2) is 8.53. The highest BCUT2D eigenvalue weighted by atomic mass is 79.9. The van der Waals surface area contributed by atoms with Crippen LogP contribution in [0.15, 0.2) is 97.2 Å². The van der Waals surface area contributed by atoms with E-state index in [0.717, 1.165) is 14.5 Å². The second-order valence-corrected chi connectivity index (χ2v) is 9.28. The smallest absolute Gasteiger partial charge is 0.267 e.